The molecule has 168 valence electrons. The first-order chi connectivity index (χ1) is 14.9. The number of fused-ring (bicyclic) bond motifs is 1. The van der Waals surface area contributed by atoms with Gasteiger partial charge in [0.2, 0.25) is 0 Å². The number of alkyl halides is 3. The van der Waals surface area contributed by atoms with Crippen LogP contribution in [0.25, 0.3) is 11.1 Å². The van der Waals surface area contributed by atoms with Crippen LogP contribution in [0, 0.1) is 6.92 Å². The van der Waals surface area contributed by atoms with Gasteiger partial charge in [-0.2, -0.15) is 13.2 Å². The van der Waals surface area contributed by atoms with Crippen molar-refractivity contribution in [3.63, 3.8) is 0 Å². The van der Waals surface area contributed by atoms with Crippen molar-refractivity contribution in [1.82, 2.24) is 9.80 Å². The molecular weight excluding hydrogens is 401 g/mol. The van der Waals surface area contributed by atoms with E-state index in [2.05, 4.69) is 54.3 Å². The fourth-order valence-corrected chi connectivity index (χ4v) is 5.22. The second-order valence-electron chi connectivity index (χ2n) is 8.95. The van der Waals surface area contributed by atoms with Crippen LogP contribution >= 0.6 is 0 Å². The summed E-state index contributed by atoms with van der Waals surface area (Å²) in [6.45, 7) is 4.44. The third kappa shape index (κ3) is 5.13. The van der Waals surface area contributed by atoms with E-state index < -0.39 is 12.6 Å². The molecule has 0 spiro atoms. The van der Waals surface area contributed by atoms with Gasteiger partial charge in [-0.05, 0) is 49.5 Å². The molecule has 3 nitrogen and oxygen atoms in total. The van der Waals surface area contributed by atoms with Crippen molar-refractivity contribution in [2.45, 2.75) is 50.4 Å². The minimum absolute atomic E-state index is 0.0392. The molecule has 0 radical (unpaired) electrons. The average Bonchev–Trinajstić information content (AvgIpc) is 2.72. The van der Waals surface area contributed by atoms with E-state index in [-0.39, 0.29) is 31.2 Å². The number of hydrogen-bond donors (Lipinski definition) is 1. The summed E-state index contributed by atoms with van der Waals surface area (Å²) in [5.41, 5.74) is 4.69. The predicted molar refractivity (Wildman–Crippen MR) is 117 cm³/mol. The van der Waals surface area contributed by atoms with Gasteiger partial charge in [0.25, 0.3) is 0 Å². The van der Waals surface area contributed by atoms with E-state index in [9.17, 15) is 18.3 Å². The highest BCUT2D eigenvalue weighted by molar-refractivity contribution is 5.64. The van der Waals surface area contributed by atoms with Crippen LogP contribution in [0.1, 0.15) is 36.3 Å². The van der Waals surface area contributed by atoms with E-state index in [0.717, 1.165) is 30.5 Å². The number of aliphatic hydroxyl groups is 1. The lowest BCUT2D eigenvalue weighted by Gasteiger charge is -2.57. The fraction of sp³-hybridized carbons (Fsp3) is 0.520. The van der Waals surface area contributed by atoms with Crippen LogP contribution in [0.4, 0.5) is 13.2 Å². The highest BCUT2D eigenvalue weighted by atomic mass is 19.4. The molecule has 0 aliphatic carbocycles. The molecule has 6 heteroatoms. The van der Waals surface area contributed by atoms with Crippen molar-refractivity contribution in [3.05, 3.63) is 59.7 Å². The summed E-state index contributed by atoms with van der Waals surface area (Å²) in [5, 5.41) is 10.1. The van der Waals surface area contributed by atoms with Crippen molar-refractivity contribution in [1.29, 1.82) is 0 Å². The summed E-state index contributed by atoms with van der Waals surface area (Å²) in [5.74, 6) is 0.142. The minimum Gasteiger partial charge on any atom is -0.395 e. The molecule has 2 heterocycles. The van der Waals surface area contributed by atoms with Crippen LogP contribution in [-0.4, -0.2) is 66.0 Å². The molecule has 3 atom stereocenters. The van der Waals surface area contributed by atoms with Crippen molar-refractivity contribution in [2.24, 2.45) is 0 Å². The molecule has 4 rings (SSSR count). The van der Waals surface area contributed by atoms with Crippen LogP contribution in [0.5, 0.6) is 0 Å². The quantitative estimate of drug-likeness (QED) is 0.733. The van der Waals surface area contributed by atoms with Crippen molar-refractivity contribution in [3.8, 4) is 11.1 Å². The van der Waals surface area contributed by atoms with Crippen LogP contribution < -0.4 is 0 Å². The van der Waals surface area contributed by atoms with Crippen LogP contribution in [0.3, 0.4) is 0 Å². The topological polar surface area (TPSA) is 26.7 Å². The summed E-state index contributed by atoms with van der Waals surface area (Å²) in [6.07, 6.45) is -3.04. The molecule has 0 saturated carbocycles. The summed E-state index contributed by atoms with van der Waals surface area (Å²) < 4.78 is 38.3. The molecule has 2 fully saturated rings. The molecule has 0 bridgehead atoms. The Bertz CT molecular complexity index is 868. The van der Waals surface area contributed by atoms with E-state index in [1.54, 1.807) is 0 Å². The standard InChI is InChI=1S/C25H31F3N2O/c1-18-5-4-6-21(15-18)19-7-9-20(10-8-19)24-22-16-29(14-11-25(26,27)28)12-2-3-13-30(22)23(24)17-31/h4-10,15,22-24,31H,2-3,11-14,16-17H2,1H3/t22-,23+,24+/m0/s1. The van der Waals surface area contributed by atoms with Gasteiger partial charge in [-0.1, -0.05) is 54.1 Å². The molecule has 1 N–H and O–H groups in total. The normalized spacial score (nSPS) is 25.4. The Labute approximate surface area is 182 Å². The van der Waals surface area contributed by atoms with Gasteiger partial charge in [-0.25, -0.2) is 0 Å². The maximum Gasteiger partial charge on any atom is 0.390 e. The highest BCUT2D eigenvalue weighted by Crippen LogP contribution is 2.42. The first kappa shape index (κ1) is 22.3. The number of benzene rings is 2. The molecular formula is C25H31F3N2O. The van der Waals surface area contributed by atoms with E-state index in [4.69, 9.17) is 0 Å². The maximum atomic E-state index is 12.8. The van der Waals surface area contributed by atoms with E-state index in [0.29, 0.717) is 13.1 Å². The second-order valence-corrected chi connectivity index (χ2v) is 8.95. The molecule has 2 aromatic rings. The monoisotopic (exact) mass is 432 g/mol. The zero-order valence-electron chi connectivity index (χ0n) is 18.0. The summed E-state index contributed by atoms with van der Waals surface area (Å²) in [7, 11) is 0. The molecule has 0 aromatic heterocycles. The minimum atomic E-state index is -4.12. The van der Waals surface area contributed by atoms with Gasteiger partial charge in [0.15, 0.2) is 0 Å². The van der Waals surface area contributed by atoms with Crippen molar-refractivity contribution in [2.75, 3.05) is 32.8 Å². The Morgan fingerprint density at radius 2 is 1.74 bits per heavy atom. The molecule has 2 saturated heterocycles. The number of rotatable bonds is 5. The number of hydrogen-bond acceptors (Lipinski definition) is 3. The van der Waals surface area contributed by atoms with Gasteiger partial charge in [-0.15, -0.1) is 0 Å². The zero-order chi connectivity index (χ0) is 22.0. The molecule has 31 heavy (non-hydrogen) atoms. The smallest absolute Gasteiger partial charge is 0.390 e. The third-order valence-corrected chi connectivity index (χ3v) is 6.81. The lowest BCUT2D eigenvalue weighted by molar-refractivity contribution is -0.140. The molecule has 0 unspecified atom stereocenters. The Kier molecular flexibility index (Phi) is 6.70. The predicted octanol–water partition coefficient (Wildman–Crippen LogP) is 4.84. The third-order valence-electron chi connectivity index (χ3n) is 6.81. The van der Waals surface area contributed by atoms with Crippen LogP contribution in [0.2, 0.25) is 0 Å². The van der Waals surface area contributed by atoms with E-state index in [1.807, 2.05) is 11.0 Å². The second kappa shape index (κ2) is 9.31. The van der Waals surface area contributed by atoms with E-state index in [1.165, 1.54) is 11.1 Å². The Morgan fingerprint density at radius 1 is 1.00 bits per heavy atom. The zero-order valence-corrected chi connectivity index (χ0v) is 18.0. The SMILES string of the molecule is Cc1cccc(-c2ccc([C@H]3[C@@H](CO)N4CCCCN(CCC(F)(F)F)C[C@@H]34)cc2)c1. The van der Waals surface area contributed by atoms with Crippen molar-refractivity contribution >= 4 is 0 Å². The highest BCUT2D eigenvalue weighted by Gasteiger charge is 2.49. The number of nitrogens with zero attached hydrogens (tertiary/aromatic N) is 2. The summed E-state index contributed by atoms with van der Waals surface area (Å²) in [6, 6.07) is 17.0. The number of halogens is 3. The molecule has 0 amide bonds. The lowest BCUT2D eigenvalue weighted by atomic mass is 9.74. The first-order valence-corrected chi connectivity index (χ1v) is 11.2. The number of aryl methyl sites for hydroxylation is 1. The summed E-state index contributed by atoms with van der Waals surface area (Å²) >= 11 is 0. The van der Waals surface area contributed by atoms with Gasteiger partial charge < -0.3 is 10.0 Å². The van der Waals surface area contributed by atoms with Gasteiger partial charge in [0, 0.05) is 31.1 Å². The number of aliphatic hydroxyl groups excluding tert-OH is 1. The largest absolute Gasteiger partial charge is 0.395 e. The molecule has 2 aliphatic heterocycles. The van der Waals surface area contributed by atoms with Gasteiger partial charge in [0.05, 0.1) is 13.0 Å². The van der Waals surface area contributed by atoms with Gasteiger partial charge >= 0.3 is 6.18 Å². The fourth-order valence-electron chi connectivity index (χ4n) is 5.22. The first-order valence-electron chi connectivity index (χ1n) is 11.2. The maximum absolute atomic E-state index is 12.8. The Morgan fingerprint density at radius 3 is 2.42 bits per heavy atom. The molecule has 2 aromatic carbocycles. The average molecular weight is 433 g/mol. The van der Waals surface area contributed by atoms with Crippen molar-refractivity contribution < 1.29 is 18.3 Å². The summed E-state index contributed by atoms with van der Waals surface area (Å²) in [4.78, 5) is 4.27. The Hall–Kier alpha value is -1.89. The van der Waals surface area contributed by atoms with E-state index >= 15 is 0 Å². The Balaban J connectivity index is 1.52. The van der Waals surface area contributed by atoms with Gasteiger partial charge in [-0.3, -0.25) is 4.90 Å². The lowest BCUT2D eigenvalue weighted by Crippen LogP contribution is -2.67. The van der Waals surface area contributed by atoms with Crippen LogP contribution in [0.15, 0.2) is 48.5 Å². The van der Waals surface area contributed by atoms with Crippen LogP contribution in [-0.2, 0) is 0 Å². The molecule has 2 aliphatic rings. The van der Waals surface area contributed by atoms with Gasteiger partial charge in [0.1, 0.15) is 0 Å².